The second kappa shape index (κ2) is 18.1. The van der Waals surface area contributed by atoms with Gasteiger partial charge in [0, 0.05) is 36.2 Å². The van der Waals surface area contributed by atoms with Crippen molar-refractivity contribution in [2.45, 2.75) is 52.4 Å². The number of H-pyrrole nitrogens is 1. The fourth-order valence-corrected chi connectivity index (χ4v) is 4.81. The zero-order valence-electron chi connectivity index (χ0n) is 26.6. The Bertz CT molecular complexity index is 1630. The van der Waals surface area contributed by atoms with E-state index in [1.54, 1.807) is 24.7 Å². The number of hydrogen-bond donors (Lipinski definition) is 5. The van der Waals surface area contributed by atoms with Crippen molar-refractivity contribution < 1.29 is 34.1 Å². The molecular weight excluding hydrogens is 592 g/mol. The summed E-state index contributed by atoms with van der Waals surface area (Å²) in [7, 11) is 3.05. The largest absolute Gasteiger partial charge is 0.497 e. The number of carbonyl (C=O) groups excluding carboxylic acids is 2. The van der Waals surface area contributed by atoms with Crippen LogP contribution in [0.1, 0.15) is 49.7 Å². The normalized spacial score (nSPS) is 10.5. The molecule has 1 aromatic heterocycles. The van der Waals surface area contributed by atoms with E-state index in [0.29, 0.717) is 41.1 Å². The number of carbonyl (C=O) groups is 2. The van der Waals surface area contributed by atoms with E-state index < -0.39 is 0 Å². The van der Waals surface area contributed by atoms with E-state index in [2.05, 4.69) is 15.3 Å². The summed E-state index contributed by atoms with van der Waals surface area (Å²) < 4.78 is 16.2. The molecule has 0 saturated carbocycles. The first-order chi connectivity index (χ1) is 22.2. The predicted molar refractivity (Wildman–Crippen MR) is 176 cm³/mol. The summed E-state index contributed by atoms with van der Waals surface area (Å²) >= 11 is 0. The maximum atomic E-state index is 12.7. The first-order valence-corrected chi connectivity index (χ1v) is 15.0. The minimum absolute atomic E-state index is 0.0132. The number of benzene rings is 3. The summed E-state index contributed by atoms with van der Waals surface area (Å²) in [5, 5.41) is 20.5. The Labute approximate surface area is 267 Å². The topological polar surface area (TPSA) is 172 Å². The third kappa shape index (κ3) is 10.3. The Hall–Kier alpha value is -4.94. The molecule has 0 spiro atoms. The fraction of sp³-hybridized carbons (Fsp3) is 0.353. The molecule has 0 aliphatic carbocycles. The van der Waals surface area contributed by atoms with Gasteiger partial charge in [0.2, 0.25) is 11.8 Å². The van der Waals surface area contributed by atoms with Crippen molar-refractivity contribution in [2.24, 2.45) is 0 Å². The van der Waals surface area contributed by atoms with Crippen LogP contribution in [0.5, 0.6) is 17.2 Å². The quantitative estimate of drug-likeness (QED) is 0.0722. The maximum Gasteiger partial charge on any atom is 0.262 e. The van der Waals surface area contributed by atoms with Crippen molar-refractivity contribution in [1.29, 1.82) is 0 Å². The Morgan fingerprint density at radius 2 is 1.54 bits per heavy atom. The molecule has 0 aliphatic rings. The predicted octanol–water partition coefficient (Wildman–Crippen LogP) is 5.07. The number of aliphatic hydroxyl groups excluding tert-OH is 1. The number of anilines is 1. The molecule has 5 N–H and O–H groups in total. The molecule has 4 rings (SSSR count). The molecule has 4 aromatic rings. The number of hydroxylamine groups is 1. The minimum Gasteiger partial charge on any atom is -0.497 e. The number of amides is 2. The van der Waals surface area contributed by atoms with Gasteiger partial charge in [0.25, 0.3) is 5.56 Å². The average Bonchev–Trinajstić information content (AvgIpc) is 3.05. The first-order valence-electron chi connectivity index (χ1n) is 15.0. The van der Waals surface area contributed by atoms with E-state index in [9.17, 15) is 14.4 Å². The third-order valence-electron chi connectivity index (χ3n) is 7.01. The van der Waals surface area contributed by atoms with Gasteiger partial charge in [-0.25, -0.2) is 10.5 Å². The number of aromatic amines is 1. The van der Waals surface area contributed by atoms with Crippen LogP contribution in [-0.4, -0.2) is 59.5 Å². The highest BCUT2D eigenvalue weighted by Crippen LogP contribution is 2.31. The van der Waals surface area contributed by atoms with Crippen LogP contribution < -0.4 is 30.6 Å². The van der Waals surface area contributed by atoms with E-state index in [0.717, 1.165) is 53.8 Å². The highest BCUT2D eigenvalue weighted by molar-refractivity contribution is 5.90. The van der Waals surface area contributed by atoms with E-state index >= 15 is 0 Å². The van der Waals surface area contributed by atoms with E-state index in [4.69, 9.17) is 24.5 Å². The molecule has 12 heteroatoms. The lowest BCUT2D eigenvalue weighted by Gasteiger charge is -2.14. The number of fused-ring (bicyclic) bond motifs is 1. The molecule has 1 heterocycles. The smallest absolute Gasteiger partial charge is 0.262 e. The summed E-state index contributed by atoms with van der Waals surface area (Å²) in [6, 6.07) is 16.5. The van der Waals surface area contributed by atoms with Crippen LogP contribution >= 0.6 is 0 Å². The van der Waals surface area contributed by atoms with Crippen LogP contribution in [0.25, 0.3) is 22.3 Å². The number of aliphatic hydroxyl groups is 1. The van der Waals surface area contributed by atoms with Crippen molar-refractivity contribution in [2.75, 3.05) is 32.8 Å². The SMILES string of the molecule is COc1cc(OC)c2c(=O)[nH]c(-c3cc(C)c(OCCO)c(C)c3)nc2c1.O=C(CCCCCCC(=O)Nc1ccccc1)NO. The second-order valence-corrected chi connectivity index (χ2v) is 10.5. The van der Waals surface area contributed by atoms with Gasteiger partial charge in [0.1, 0.15) is 35.1 Å². The van der Waals surface area contributed by atoms with Gasteiger partial charge in [-0.05, 0) is 62.1 Å². The summed E-state index contributed by atoms with van der Waals surface area (Å²) in [6.07, 6.45) is 4.13. The highest BCUT2D eigenvalue weighted by atomic mass is 16.5. The van der Waals surface area contributed by atoms with Crippen LogP contribution in [0, 0.1) is 13.8 Å². The molecule has 3 aromatic carbocycles. The van der Waals surface area contributed by atoms with Gasteiger partial charge in [-0.1, -0.05) is 31.0 Å². The lowest BCUT2D eigenvalue weighted by Crippen LogP contribution is -2.17. The summed E-state index contributed by atoms with van der Waals surface area (Å²) in [6.45, 7) is 4.00. The molecule has 46 heavy (non-hydrogen) atoms. The van der Waals surface area contributed by atoms with Crippen LogP contribution in [-0.2, 0) is 9.59 Å². The van der Waals surface area contributed by atoms with E-state index in [1.165, 1.54) is 7.11 Å². The number of hydrogen-bond acceptors (Lipinski definition) is 9. The van der Waals surface area contributed by atoms with Gasteiger partial charge in [-0.15, -0.1) is 0 Å². The summed E-state index contributed by atoms with van der Waals surface area (Å²) in [4.78, 5) is 42.4. The number of aryl methyl sites for hydroxylation is 2. The van der Waals surface area contributed by atoms with Crippen LogP contribution in [0.3, 0.4) is 0 Å². The molecule has 12 nitrogen and oxygen atoms in total. The standard InChI is InChI=1S/C20H22N2O5.C14H20N2O3/c1-11-7-13(8-12(2)18(11)27-6-5-23)19-21-15-9-14(25-3)10-16(26-4)17(15)20(24)22-19;17-13(15-12-8-4-3-5-9-12)10-6-1-2-7-11-14(18)16-19/h7-10,23H,5-6H2,1-4H3,(H,21,22,24);3-5,8-9,19H,1-2,6-7,10-11H2,(H,15,17)(H,16,18). The Morgan fingerprint density at radius 3 is 2.13 bits per heavy atom. The van der Waals surface area contributed by atoms with Gasteiger partial charge >= 0.3 is 0 Å². The molecule has 0 atom stereocenters. The van der Waals surface area contributed by atoms with Crippen molar-refractivity contribution in [1.82, 2.24) is 15.4 Å². The summed E-state index contributed by atoms with van der Waals surface area (Å²) in [5.74, 6) is 1.79. The number of rotatable bonds is 14. The zero-order chi connectivity index (χ0) is 33.5. The van der Waals surface area contributed by atoms with Gasteiger partial charge in [-0.3, -0.25) is 19.6 Å². The lowest BCUT2D eigenvalue weighted by atomic mass is 10.0. The molecule has 0 unspecified atom stereocenters. The van der Waals surface area contributed by atoms with Crippen molar-refractivity contribution >= 4 is 28.4 Å². The van der Waals surface area contributed by atoms with Crippen LogP contribution in [0.2, 0.25) is 0 Å². The lowest BCUT2D eigenvalue weighted by molar-refractivity contribution is -0.129. The number of para-hydroxylation sites is 1. The zero-order valence-corrected chi connectivity index (χ0v) is 26.6. The molecule has 0 saturated heterocycles. The molecule has 246 valence electrons. The van der Waals surface area contributed by atoms with Gasteiger partial charge in [0.15, 0.2) is 0 Å². The molecule has 0 radical (unpaired) electrons. The molecular formula is C34H42N4O8. The second-order valence-electron chi connectivity index (χ2n) is 10.5. The Balaban J connectivity index is 0.000000268. The van der Waals surface area contributed by atoms with Gasteiger partial charge in [-0.2, -0.15) is 0 Å². The van der Waals surface area contributed by atoms with E-state index in [1.807, 2.05) is 56.3 Å². The number of nitrogens with one attached hydrogen (secondary N) is 3. The average molecular weight is 635 g/mol. The fourth-order valence-electron chi connectivity index (χ4n) is 4.81. The highest BCUT2D eigenvalue weighted by Gasteiger charge is 2.15. The summed E-state index contributed by atoms with van der Waals surface area (Å²) in [5.41, 5.74) is 5.16. The van der Waals surface area contributed by atoms with Gasteiger partial charge < -0.3 is 29.6 Å². The van der Waals surface area contributed by atoms with Crippen molar-refractivity contribution in [3.05, 3.63) is 76.1 Å². The van der Waals surface area contributed by atoms with Crippen molar-refractivity contribution in [3.63, 3.8) is 0 Å². The minimum atomic E-state index is -0.359. The maximum absolute atomic E-state index is 12.7. The van der Waals surface area contributed by atoms with Crippen LogP contribution in [0.15, 0.2) is 59.4 Å². The van der Waals surface area contributed by atoms with Crippen LogP contribution in [0.4, 0.5) is 5.69 Å². The molecule has 0 bridgehead atoms. The number of ether oxygens (including phenoxy) is 3. The number of unbranched alkanes of at least 4 members (excludes halogenated alkanes) is 3. The number of nitrogens with zero attached hydrogens (tertiary/aromatic N) is 1. The van der Waals surface area contributed by atoms with E-state index in [-0.39, 0.29) is 30.6 Å². The Morgan fingerprint density at radius 1 is 0.891 bits per heavy atom. The number of aromatic nitrogens is 2. The molecule has 0 fully saturated rings. The molecule has 0 aliphatic heterocycles. The third-order valence-corrected chi connectivity index (χ3v) is 7.01. The van der Waals surface area contributed by atoms with Crippen molar-refractivity contribution in [3.8, 4) is 28.6 Å². The Kier molecular flexibility index (Phi) is 14.0. The van der Waals surface area contributed by atoms with Gasteiger partial charge in [0.05, 0.1) is 26.3 Å². The first kappa shape index (κ1) is 35.5. The number of methoxy groups -OCH3 is 2. The monoisotopic (exact) mass is 634 g/mol. The molecule has 2 amide bonds.